The highest BCUT2D eigenvalue weighted by Crippen LogP contribution is 2.45. The molecule has 11 nitrogen and oxygen atoms in total. The maximum Gasteiger partial charge on any atom is 0.308 e. The molecule has 5 aliphatic heterocycles. The Morgan fingerprint density at radius 3 is 2.26 bits per heavy atom. The summed E-state index contributed by atoms with van der Waals surface area (Å²) in [5.41, 5.74) is 2.15. The summed E-state index contributed by atoms with van der Waals surface area (Å²) in [7, 11) is -4.35. The predicted octanol–water partition coefficient (Wildman–Crippen LogP) is 11.4. The van der Waals surface area contributed by atoms with Crippen LogP contribution in [0, 0.1) is 35.5 Å². The average Bonchev–Trinajstić information content (AvgIpc) is 3.81. The minimum absolute atomic E-state index is 0.00364. The van der Waals surface area contributed by atoms with Crippen molar-refractivity contribution in [3.05, 3.63) is 66.8 Å². The second-order valence-corrected chi connectivity index (χ2v) is 30.6. The molecule has 1 aromatic carbocycles. The third kappa shape index (κ3) is 14.3. The number of carbonyl (C=O) groups is 1. The Labute approximate surface area is 424 Å². The van der Waals surface area contributed by atoms with Crippen LogP contribution in [0.25, 0.3) is 0 Å². The van der Waals surface area contributed by atoms with Crippen LogP contribution >= 0.6 is 0 Å². The van der Waals surface area contributed by atoms with Crippen LogP contribution in [0.5, 0.6) is 0 Å². The Kier molecular flexibility index (Phi) is 19.9. The topological polar surface area (TPSA) is 136 Å². The molecule has 0 spiro atoms. The molecule has 0 amide bonds. The normalized spacial score (nSPS) is 35.7. The van der Waals surface area contributed by atoms with Gasteiger partial charge in [0.05, 0.1) is 97.4 Å². The molecule has 6 rings (SSSR count). The van der Waals surface area contributed by atoms with E-state index in [0.717, 1.165) is 62.5 Å². The first-order valence-corrected chi connectivity index (χ1v) is 31.5. The summed E-state index contributed by atoms with van der Waals surface area (Å²) in [5, 5.41) is 11.4. The summed E-state index contributed by atoms with van der Waals surface area (Å²) in [6.07, 6.45) is 10.6. The fraction of sp³-hybridized carbons (Fsp3) is 0.772. The van der Waals surface area contributed by atoms with Crippen molar-refractivity contribution >= 4 is 24.1 Å². The van der Waals surface area contributed by atoms with Crippen molar-refractivity contribution in [3.8, 4) is 0 Å². The van der Waals surface area contributed by atoms with Gasteiger partial charge in [-0.05, 0) is 129 Å². The number of benzene rings is 1. The number of fused-ring (bicyclic) bond motifs is 1. The van der Waals surface area contributed by atoms with Gasteiger partial charge in [0.25, 0.3) is 0 Å². The molecule has 5 aliphatic rings. The molecule has 5 unspecified atom stereocenters. The van der Waals surface area contributed by atoms with Crippen molar-refractivity contribution in [3.63, 3.8) is 0 Å². The van der Waals surface area contributed by atoms with Crippen LogP contribution in [0.2, 0.25) is 18.1 Å². The lowest BCUT2D eigenvalue weighted by Crippen LogP contribution is -2.58. The summed E-state index contributed by atoms with van der Waals surface area (Å²) < 4.78 is 73.3. The first kappa shape index (κ1) is 57.1. The highest BCUT2D eigenvalue weighted by atomic mass is 32.2. The van der Waals surface area contributed by atoms with Gasteiger partial charge in [-0.1, -0.05) is 112 Å². The Morgan fingerprint density at radius 2 is 1.59 bits per heavy atom. The van der Waals surface area contributed by atoms with Crippen molar-refractivity contribution in [1.29, 1.82) is 0 Å². The van der Waals surface area contributed by atoms with E-state index in [1.165, 1.54) is 7.11 Å². The molecule has 0 bridgehead atoms. The largest absolute Gasteiger partial charge is 0.469 e. The summed E-state index contributed by atoms with van der Waals surface area (Å²) in [6, 6.07) is 8.80. The third-order valence-electron chi connectivity index (χ3n) is 17.6. The highest BCUT2D eigenvalue weighted by Gasteiger charge is 2.50. The monoisotopic (exact) mass is 1010 g/mol. The number of methoxy groups -OCH3 is 1. The van der Waals surface area contributed by atoms with Crippen molar-refractivity contribution in [2.24, 2.45) is 35.5 Å². The molecule has 396 valence electrons. The minimum atomic E-state index is -3.52. The summed E-state index contributed by atoms with van der Waals surface area (Å²) in [4.78, 5) is 12.4. The lowest BCUT2D eigenvalue weighted by atomic mass is 9.77. The third-order valence-corrected chi connectivity index (χ3v) is 23.9. The van der Waals surface area contributed by atoms with Crippen LogP contribution in [0.4, 0.5) is 0 Å². The second-order valence-electron chi connectivity index (χ2n) is 23.8. The maximum absolute atomic E-state index is 13.8. The van der Waals surface area contributed by atoms with Crippen LogP contribution in [0.1, 0.15) is 139 Å². The van der Waals surface area contributed by atoms with E-state index in [0.29, 0.717) is 30.1 Å². The molecule has 13 heteroatoms. The van der Waals surface area contributed by atoms with E-state index in [-0.39, 0.29) is 120 Å². The van der Waals surface area contributed by atoms with Crippen molar-refractivity contribution in [2.75, 3.05) is 12.9 Å². The number of sulfone groups is 1. The summed E-state index contributed by atoms with van der Waals surface area (Å²) in [6.45, 7) is 33.4. The van der Waals surface area contributed by atoms with Gasteiger partial charge < -0.3 is 38.0 Å². The average molecular weight is 1010 g/mol. The van der Waals surface area contributed by atoms with Crippen LogP contribution < -0.4 is 0 Å². The van der Waals surface area contributed by atoms with Gasteiger partial charge in [0.1, 0.15) is 0 Å². The number of aliphatic hydroxyl groups is 1. The van der Waals surface area contributed by atoms with E-state index in [9.17, 15) is 18.3 Å². The number of rotatable bonds is 21. The van der Waals surface area contributed by atoms with Gasteiger partial charge in [-0.3, -0.25) is 4.79 Å². The molecule has 0 aliphatic carbocycles. The molecule has 70 heavy (non-hydrogen) atoms. The highest BCUT2D eigenvalue weighted by molar-refractivity contribution is 7.91. The van der Waals surface area contributed by atoms with Gasteiger partial charge in [-0.15, -0.1) is 0 Å². The van der Waals surface area contributed by atoms with E-state index in [2.05, 4.69) is 88.6 Å². The molecule has 5 saturated heterocycles. The predicted molar refractivity (Wildman–Crippen MR) is 280 cm³/mol. The molecule has 0 saturated carbocycles. The van der Waals surface area contributed by atoms with Gasteiger partial charge in [0.2, 0.25) is 0 Å². The lowest BCUT2D eigenvalue weighted by molar-refractivity contribution is -0.238. The van der Waals surface area contributed by atoms with Crippen LogP contribution in [0.15, 0.2) is 71.7 Å². The van der Waals surface area contributed by atoms with Crippen LogP contribution in [0.3, 0.4) is 0 Å². The van der Waals surface area contributed by atoms with Crippen molar-refractivity contribution in [2.45, 2.75) is 236 Å². The first-order valence-electron chi connectivity index (χ1n) is 26.9. The number of carbonyl (C=O) groups excluding carboxylic acids is 1. The zero-order valence-corrected chi connectivity index (χ0v) is 46.8. The van der Waals surface area contributed by atoms with E-state index >= 15 is 0 Å². The molecule has 5 heterocycles. The van der Waals surface area contributed by atoms with Gasteiger partial charge in [-0.2, -0.15) is 0 Å². The zero-order chi connectivity index (χ0) is 51.3. The minimum Gasteiger partial charge on any atom is -0.469 e. The SMILES string of the molecule is C=C1C[C@H](CCC(O)/C=C/[C@H](O[Si](C)(C)C(C)(C)C)[C@@H]2OC3CC[C@H](CC(=O)OC)OC3[C@H](C)[C@@H]2C)OC1CC[C@H]1C[C@@H](C)C(=C)[C@@H](CC2O[C@H](C[C@H](C)CC)[C@H](C)[C@H]2CS(=O)(=O)c2ccccc2)O1. The molecular weight excluding hydrogens is 921 g/mol. The second kappa shape index (κ2) is 24.4. The van der Waals surface area contributed by atoms with Gasteiger partial charge in [0.15, 0.2) is 18.2 Å². The standard InChI is InChI=1S/C57H92O11SSi/c1-15-35(2)29-51-41(8)47(34-69(60,61)46-19-17-16-18-20-46)53(66-51)33-52-38(5)36(3)30-44(64-52)24-27-48-37(4)31-43(63-48)23-21-42(58)22-26-50(68-70(13,14)57(9,10)11)56-40(7)39(6)55-49(67-56)28-25-45(65-55)32-54(59)62-12/h16-20,22,26,35-36,39-45,47-53,55-56,58H,4-5,15,21,23-25,27-34H2,1-3,6-14H3/b26-22+/t35-,36-,39-,40+,41-,42?,43+,44+,45-,47-,48?,49?,50+,51-,52-,53?,55?,56-/m1/s1. The molecular formula is C57H92O11SSi. The zero-order valence-electron chi connectivity index (χ0n) is 45.0. The summed E-state index contributed by atoms with van der Waals surface area (Å²) >= 11 is 0. The molecule has 1 N–H and O–H groups in total. The Morgan fingerprint density at radius 1 is 0.886 bits per heavy atom. The number of aliphatic hydroxyl groups excluding tert-OH is 1. The lowest BCUT2D eigenvalue weighted by Gasteiger charge is -2.51. The molecule has 1 aromatic rings. The van der Waals surface area contributed by atoms with E-state index < -0.39 is 24.3 Å². The molecule has 0 radical (unpaired) electrons. The van der Waals surface area contributed by atoms with Crippen molar-refractivity contribution < 1.29 is 51.2 Å². The van der Waals surface area contributed by atoms with E-state index in [1.807, 2.05) is 18.2 Å². The smallest absolute Gasteiger partial charge is 0.308 e. The Hall–Kier alpha value is -2.20. The number of hydrogen-bond acceptors (Lipinski definition) is 11. The van der Waals surface area contributed by atoms with Gasteiger partial charge in [-0.25, -0.2) is 8.42 Å². The molecule has 18 atom stereocenters. The fourth-order valence-corrected chi connectivity index (χ4v) is 14.5. The first-order chi connectivity index (χ1) is 32.9. The van der Waals surface area contributed by atoms with Gasteiger partial charge >= 0.3 is 5.97 Å². The van der Waals surface area contributed by atoms with Crippen LogP contribution in [-0.4, -0.2) is 114 Å². The molecule has 5 fully saturated rings. The number of esters is 1. The van der Waals surface area contributed by atoms with Crippen LogP contribution in [-0.2, 0) is 47.5 Å². The van der Waals surface area contributed by atoms with E-state index in [4.69, 9.17) is 32.8 Å². The summed E-state index contributed by atoms with van der Waals surface area (Å²) in [5.74, 6) is 0.763. The molecule has 0 aromatic heterocycles. The Balaban J connectivity index is 1.03. The quantitative estimate of drug-likeness (QED) is 0.0716. The van der Waals surface area contributed by atoms with Crippen molar-refractivity contribution in [1.82, 2.24) is 0 Å². The van der Waals surface area contributed by atoms with E-state index in [1.54, 1.807) is 24.3 Å². The van der Waals surface area contributed by atoms with Gasteiger partial charge in [0, 0.05) is 12.3 Å². The maximum atomic E-state index is 13.8. The fourth-order valence-electron chi connectivity index (χ4n) is 11.4. The Bertz CT molecular complexity index is 2020. The number of hydrogen-bond donors (Lipinski definition) is 1. The number of ether oxygens (including phenoxy) is 6.